The third-order valence-corrected chi connectivity index (χ3v) is 4.48. The lowest BCUT2D eigenvalue weighted by Gasteiger charge is -2.33. The molecule has 1 heterocycles. The predicted octanol–water partition coefficient (Wildman–Crippen LogP) is 1.06. The molecule has 2 aromatic rings. The molecular formula is C20H24ClN3O4. The summed E-state index contributed by atoms with van der Waals surface area (Å²) in [6, 6.07) is 15.0. The molecular weight excluding hydrogens is 382 g/mol. The summed E-state index contributed by atoms with van der Waals surface area (Å²) in [6.07, 6.45) is -0.0221. The summed E-state index contributed by atoms with van der Waals surface area (Å²) in [4.78, 5) is 24.0. The van der Waals surface area contributed by atoms with Crippen LogP contribution in [0.1, 0.15) is 17.2 Å². The van der Waals surface area contributed by atoms with Crippen molar-refractivity contribution in [3.63, 3.8) is 0 Å². The van der Waals surface area contributed by atoms with E-state index in [-0.39, 0.29) is 55.3 Å². The van der Waals surface area contributed by atoms with Crippen LogP contribution in [0.5, 0.6) is 5.75 Å². The zero-order chi connectivity index (χ0) is 19.2. The van der Waals surface area contributed by atoms with E-state index in [9.17, 15) is 14.7 Å². The maximum atomic E-state index is 12.3. The largest absolute Gasteiger partial charge is 0.508 e. The molecule has 1 aliphatic rings. The summed E-state index contributed by atoms with van der Waals surface area (Å²) in [6.45, 7) is 0.200. The van der Waals surface area contributed by atoms with Gasteiger partial charge in [-0.05, 0) is 29.7 Å². The zero-order valence-electron chi connectivity index (χ0n) is 15.2. The molecule has 0 radical (unpaired) electrons. The van der Waals surface area contributed by atoms with Crippen LogP contribution in [0.25, 0.3) is 0 Å². The number of ether oxygens (including phenoxy) is 1. The first-order valence-corrected chi connectivity index (χ1v) is 8.80. The van der Waals surface area contributed by atoms with E-state index in [0.717, 1.165) is 11.1 Å². The molecule has 0 unspecified atom stereocenters. The maximum Gasteiger partial charge on any atom is 0.246 e. The first-order valence-electron chi connectivity index (χ1n) is 8.80. The molecule has 0 aliphatic carbocycles. The third kappa shape index (κ3) is 5.69. The number of rotatable bonds is 6. The summed E-state index contributed by atoms with van der Waals surface area (Å²) < 4.78 is 5.62. The van der Waals surface area contributed by atoms with Crippen molar-refractivity contribution in [2.75, 3.05) is 13.2 Å². The molecule has 2 aromatic carbocycles. The van der Waals surface area contributed by atoms with E-state index in [1.54, 1.807) is 24.3 Å². The number of benzene rings is 2. The molecule has 0 spiro atoms. The summed E-state index contributed by atoms with van der Waals surface area (Å²) in [7, 11) is 0. The van der Waals surface area contributed by atoms with Crippen LogP contribution in [0.15, 0.2) is 54.6 Å². The molecule has 0 saturated carbocycles. The number of halogens is 1. The number of phenols is 1. The highest BCUT2D eigenvalue weighted by atomic mass is 35.5. The molecule has 3 rings (SSSR count). The highest BCUT2D eigenvalue weighted by molar-refractivity contribution is 5.85. The molecule has 1 saturated heterocycles. The van der Waals surface area contributed by atoms with Gasteiger partial charge in [-0.15, -0.1) is 12.4 Å². The van der Waals surface area contributed by atoms with Crippen LogP contribution in [0, 0.1) is 0 Å². The minimum atomic E-state index is -0.720. The van der Waals surface area contributed by atoms with Crippen molar-refractivity contribution in [2.45, 2.75) is 24.6 Å². The van der Waals surface area contributed by atoms with Gasteiger partial charge < -0.3 is 26.2 Å². The average Bonchev–Trinajstić information content (AvgIpc) is 2.69. The standard InChI is InChI=1S/C20H23N3O4.ClH/c21-16(10-13-6-8-15(24)9-7-13)20(26)22-11-17-19(23-18(25)12-27-17)14-4-2-1-3-5-14;/h1-9,16-17,19,24H,10-12,21H2,(H,22,26)(H,23,25);1H/t16-,17-,19+;/m0./s1. The van der Waals surface area contributed by atoms with Gasteiger partial charge in [0.05, 0.1) is 18.2 Å². The van der Waals surface area contributed by atoms with Crippen LogP contribution in [-0.4, -0.2) is 42.2 Å². The van der Waals surface area contributed by atoms with Crippen molar-refractivity contribution >= 4 is 24.2 Å². The van der Waals surface area contributed by atoms with E-state index in [4.69, 9.17) is 10.5 Å². The van der Waals surface area contributed by atoms with Crippen LogP contribution in [0.4, 0.5) is 0 Å². The molecule has 5 N–H and O–H groups in total. The number of hydrogen-bond acceptors (Lipinski definition) is 5. The summed E-state index contributed by atoms with van der Waals surface area (Å²) in [5, 5.41) is 15.0. The second-order valence-corrected chi connectivity index (χ2v) is 6.53. The van der Waals surface area contributed by atoms with Gasteiger partial charge in [-0.2, -0.15) is 0 Å². The Kier molecular flexibility index (Phi) is 7.80. The summed E-state index contributed by atoms with van der Waals surface area (Å²) in [5.41, 5.74) is 7.76. The normalized spacial score (nSPS) is 19.8. The van der Waals surface area contributed by atoms with Crippen molar-refractivity contribution in [2.24, 2.45) is 5.73 Å². The monoisotopic (exact) mass is 405 g/mol. The predicted molar refractivity (Wildman–Crippen MR) is 107 cm³/mol. The van der Waals surface area contributed by atoms with Gasteiger partial charge in [-0.25, -0.2) is 0 Å². The van der Waals surface area contributed by atoms with Crippen molar-refractivity contribution in [3.8, 4) is 5.75 Å². The molecule has 28 heavy (non-hydrogen) atoms. The minimum absolute atomic E-state index is 0. The van der Waals surface area contributed by atoms with Gasteiger partial charge in [0.1, 0.15) is 12.4 Å². The number of aromatic hydroxyl groups is 1. The first kappa shape index (κ1) is 21.7. The number of carbonyl (C=O) groups excluding carboxylic acids is 2. The van der Waals surface area contributed by atoms with Crippen LogP contribution >= 0.6 is 12.4 Å². The Labute approximate surface area is 169 Å². The van der Waals surface area contributed by atoms with Gasteiger partial charge in [0.25, 0.3) is 0 Å². The molecule has 0 aromatic heterocycles. The molecule has 3 atom stereocenters. The van der Waals surface area contributed by atoms with E-state index in [2.05, 4.69) is 10.6 Å². The second kappa shape index (κ2) is 10.1. The van der Waals surface area contributed by atoms with E-state index >= 15 is 0 Å². The van der Waals surface area contributed by atoms with Gasteiger partial charge >= 0.3 is 0 Å². The lowest BCUT2D eigenvalue weighted by molar-refractivity contribution is -0.137. The summed E-state index contributed by atoms with van der Waals surface area (Å²) >= 11 is 0. The van der Waals surface area contributed by atoms with Gasteiger partial charge in [-0.1, -0.05) is 42.5 Å². The highest BCUT2D eigenvalue weighted by Crippen LogP contribution is 2.22. The van der Waals surface area contributed by atoms with Crippen molar-refractivity contribution in [1.82, 2.24) is 10.6 Å². The van der Waals surface area contributed by atoms with Crippen LogP contribution in [-0.2, 0) is 20.7 Å². The Morgan fingerprint density at radius 3 is 2.57 bits per heavy atom. The fourth-order valence-electron chi connectivity index (χ4n) is 3.03. The van der Waals surface area contributed by atoms with Gasteiger partial charge in [-0.3, -0.25) is 9.59 Å². The number of nitrogens with one attached hydrogen (secondary N) is 2. The van der Waals surface area contributed by atoms with Crippen molar-refractivity contribution in [1.29, 1.82) is 0 Å². The molecule has 7 nitrogen and oxygen atoms in total. The molecule has 1 aliphatic heterocycles. The Morgan fingerprint density at radius 1 is 1.21 bits per heavy atom. The fraction of sp³-hybridized carbons (Fsp3) is 0.300. The van der Waals surface area contributed by atoms with E-state index in [1.165, 1.54) is 0 Å². The highest BCUT2D eigenvalue weighted by Gasteiger charge is 2.31. The maximum absolute atomic E-state index is 12.3. The second-order valence-electron chi connectivity index (χ2n) is 6.53. The first-order chi connectivity index (χ1) is 13.0. The summed E-state index contributed by atoms with van der Waals surface area (Å²) in [5.74, 6) is -0.314. The number of nitrogens with two attached hydrogens (primary N) is 1. The third-order valence-electron chi connectivity index (χ3n) is 4.48. The van der Waals surface area contributed by atoms with Crippen LogP contribution in [0.2, 0.25) is 0 Å². The van der Waals surface area contributed by atoms with Crippen molar-refractivity contribution in [3.05, 3.63) is 65.7 Å². The fourth-order valence-corrected chi connectivity index (χ4v) is 3.03. The average molecular weight is 406 g/mol. The molecule has 8 heteroatoms. The zero-order valence-corrected chi connectivity index (χ0v) is 16.0. The van der Waals surface area contributed by atoms with E-state index < -0.39 is 6.04 Å². The van der Waals surface area contributed by atoms with Gasteiger partial charge in [0, 0.05) is 6.54 Å². The molecule has 2 amide bonds. The van der Waals surface area contributed by atoms with Gasteiger partial charge in [0.2, 0.25) is 11.8 Å². The Morgan fingerprint density at radius 2 is 1.89 bits per heavy atom. The SMILES string of the molecule is Cl.N[C@@H](Cc1ccc(O)cc1)C(=O)NC[C@@H]1OCC(=O)N[C@@H]1c1ccccc1. The number of carbonyl (C=O) groups is 2. The molecule has 0 bridgehead atoms. The van der Waals surface area contributed by atoms with Crippen LogP contribution < -0.4 is 16.4 Å². The number of amides is 2. The topological polar surface area (TPSA) is 114 Å². The van der Waals surface area contributed by atoms with E-state index in [1.807, 2.05) is 30.3 Å². The number of hydrogen-bond donors (Lipinski definition) is 4. The minimum Gasteiger partial charge on any atom is -0.508 e. The van der Waals surface area contributed by atoms with Gasteiger partial charge in [0.15, 0.2) is 0 Å². The lowest BCUT2D eigenvalue weighted by atomic mass is 9.99. The Hall–Kier alpha value is -2.61. The number of morpholine rings is 1. The Bertz CT molecular complexity index is 786. The van der Waals surface area contributed by atoms with Crippen molar-refractivity contribution < 1.29 is 19.4 Å². The smallest absolute Gasteiger partial charge is 0.246 e. The quantitative estimate of drug-likeness (QED) is 0.573. The molecule has 1 fully saturated rings. The van der Waals surface area contributed by atoms with Crippen LogP contribution in [0.3, 0.4) is 0 Å². The molecule has 150 valence electrons. The lowest BCUT2D eigenvalue weighted by Crippen LogP contribution is -2.52. The van der Waals surface area contributed by atoms with E-state index in [0.29, 0.717) is 6.42 Å². The number of phenolic OH excluding ortho intramolecular Hbond substituents is 1. The Balaban J connectivity index is 0.00000280.